The van der Waals surface area contributed by atoms with E-state index in [9.17, 15) is 4.79 Å². The molecule has 1 amide bonds. The van der Waals surface area contributed by atoms with E-state index >= 15 is 0 Å². The number of anilines is 1. The molecule has 0 radical (unpaired) electrons. The number of nitrogens with one attached hydrogen (secondary N) is 2. The highest BCUT2D eigenvalue weighted by atomic mass is 16.5. The van der Waals surface area contributed by atoms with Crippen molar-refractivity contribution in [3.05, 3.63) is 23.4 Å². The Morgan fingerprint density at radius 2 is 2.17 bits per heavy atom. The molecule has 0 aliphatic heterocycles. The second-order valence-corrected chi connectivity index (χ2v) is 5.04. The molecular formula is C11H15N5O2. The van der Waals surface area contributed by atoms with Gasteiger partial charge in [0.25, 0.3) is 5.91 Å². The Labute approximate surface area is 104 Å². The first-order chi connectivity index (χ1) is 8.36. The molecule has 2 N–H and O–H groups in total. The molecule has 2 aromatic heterocycles. The van der Waals surface area contributed by atoms with E-state index in [-0.39, 0.29) is 17.1 Å². The third kappa shape index (κ3) is 2.55. The van der Waals surface area contributed by atoms with Gasteiger partial charge < -0.3 is 4.52 Å². The van der Waals surface area contributed by atoms with Crippen LogP contribution in [-0.2, 0) is 5.41 Å². The summed E-state index contributed by atoms with van der Waals surface area (Å²) in [7, 11) is 0. The summed E-state index contributed by atoms with van der Waals surface area (Å²) in [6.45, 7) is 7.71. The Morgan fingerprint density at radius 3 is 2.67 bits per heavy atom. The standard InChI is InChI=1S/C11H15N5O2/c1-6-5-7(18-16-6)12-9(17)8-13-10(15-14-8)11(2,3)4/h5H,1-4H3,(H,12,17)(H,13,14,15). The van der Waals surface area contributed by atoms with Crippen LogP contribution < -0.4 is 5.32 Å². The number of hydrogen-bond acceptors (Lipinski definition) is 5. The molecule has 0 aliphatic rings. The zero-order chi connectivity index (χ0) is 13.3. The summed E-state index contributed by atoms with van der Waals surface area (Å²) in [5, 5.41) is 12.8. The van der Waals surface area contributed by atoms with Gasteiger partial charge in [-0.15, -0.1) is 5.10 Å². The van der Waals surface area contributed by atoms with Crippen molar-refractivity contribution >= 4 is 11.8 Å². The van der Waals surface area contributed by atoms with Gasteiger partial charge >= 0.3 is 0 Å². The normalized spacial score (nSPS) is 11.6. The lowest BCUT2D eigenvalue weighted by Gasteiger charge is -2.12. The molecular weight excluding hydrogens is 234 g/mol. The van der Waals surface area contributed by atoms with E-state index in [1.165, 1.54) is 0 Å². The van der Waals surface area contributed by atoms with E-state index in [1.807, 2.05) is 20.8 Å². The molecule has 96 valence electrons. The number of H-pyrrole nitrogens is 1. The maximum Gasteiger partial charge on any atom is 0.297 e. The first-order valence-electron chi connectivity index (χ1n) is 5.54. The van der Waals surface area contributed by atoms with E-state index in [1.54, 1.807) is 13.0 Å². The van der Waals surface area contributed by atoms with Crippen molar-refractivity contribution in [3.8, 4) is 0 Å². The number of aromatic nitrogens is 4. The number of carbonyl (C=O) groups excluding carboxylic acids is 1. The van der Waals surface area contributed by atoms with Crippen LogP contribution in [0.5, 0.6) is 0 Å². The monoisotopic (exact) mass is 249 g/mol. The Kier molecular flexibility index (Phi) is 2.90. The van der Waals surface area contributed by atoms with Crippen molar-refractivity contribution in [2.75, 3.05) is 5.32 Å². The van der Waals surface area contributed by atoms with Crippen molar-refractivity contribution < 1.29 is 9.32 Å². The van der Waals surface area contributed by atoms with Crippen molar-refractivity contribution in [2.45, 2.75) is 33.1 Å². The fraction of sp³-hybridized carbons (Fsp3) is 0.455. The molecule has 7 nitrogen and oxygen atoms in total. The summed E-state index contributed by atoms with van der Waals surface area (Å²) in [6.07, 6.45) is 0. The molecule has 0 aromatic carbocycles. The summed E-state index contributed by atoms with van der Waals surface area (Å²) in [4.78, 5) is 16.0. The van der Waals surface area contributed by atoms with Crippen LogP contribution in [0.1, 0.15) is 42.9 Å². The topological polar surface area (TPSA) is 96.7 Å². The number of amides is 1. The fourth-order valence-corrected chi connectivity index (χ4v) is 1.29. The molecule has 0 unspecified atom stereocenters. The van der Waals surface area contributed by atoms with Crippen LogP contribution >= 0.6 is 0 Å². The van der Waals surface area contributed by atoms with Gasteiger partial charge in [-0.3, -0.25) is 15.2 Å². The second-order valence-electron chi connectivity index (χ2n) is 5.04. The van der Waals surface area contributed by atoms with E-state index in [0.29, 0.717) is 11.5 Å². The Morgan fingerprint density at radius 1 is 1.44 bits per heavy atom. The van der Waals surface area contributed by atoms with Gasteiger partial charge in [0.2, 0.25) is 11.7 Å². The molecule has 7 heteroatoms. The minimum Gasteiger partial charge on any atom is -0.338 e. The van der Waals surface area contributed by atoms with Gasteiger partial charge in [-0.1, -0.05) is 25.9 Å². The Balaban J connectivity index is 2.12. The van der Waals surface area contributed by atoms with Gasteiger partial charge in [0.15, 0.2) is 0 Å². The van der Waals surface area contributed by atoms with Crippen LogP contribution in [0, 0.1) is 6.92 Å². The van der Waals surface area contributed by atoms with E-state index in [2.05, 4.69) is 25.7 Å². The third-order valence-electron chi connectivity index (χ3n) is 2.26. The van der Waals surface area contributed by atoms with E-state index < -0.39 is 5.91 Å². The molecule has 0 bridgehead atoms. The molecule has 2 aromatic rings. The summed E-state index contributed by atoms with van der Waals surface area (Å²) in [5.74, 6) is 0.577. The van der Waals surface area contributed by atoms with E-state index in [0.717, 1.165) is 0 Å². The maximum absolute atomic E-state index is 11.8. The SMILES string of the molecule is Cc1cc(NC(=O)c2n[nH]c(C(C)(C)C)n2)on1. The molecule has 0 fully saturated rings. The van der Waals surface area contributed by atoms with Crippen molar-refractivity contribution in [1.29, 1.82) is 0 Å². The van der Waals surface area contributed by atoms with Gasteiger partial charge in [-0.05, 0) is 6.92 Å². The lowest BCUT2D eigenvalue weighted by Crippen LogP contribution is -2.15. The maximum atomic E-state index is 11.8. The smallest absolute Gasteiger partial charge is 0.297 e. The van der Waals surface area contributed by atoms with Crippen LogP contribution in [0.4, 0.5) is 5.88 Å². The van der Waals surface area contributed by atoms with Crippen LogP contribution in [-0.4, -0.2) is 26.2 Å². The van der Waals surface area contributed by atoms with Gasteiger partial charge in [0, 0.05) is 11.5 Å². The van der Waals surface area contributed by atoms with Gasteiger partial charge in [0.1, 0.15) is 5.82 Å². The summed E-state index contributed by atoms with van der Waals surface area (Å²) >= 11 is 0. The second kappa shape index (κ2) is 4.25. The van der Waals surface area contributed by atoms with E-state index in [4.69, 9.17) is 4.52 Å². The highest BCUT2D eigenvalue weighted by Gasteiger charge is 2.21. The number of aromatic amines is 1. The van der Waals surface area contributed by atoms with Crippen LogP contribution in [0.3, 0.4) is 0 Å². The summed E-state index contributed by atoms with van der Waals surface area (Å²) < 4.78 is 4.88. The average Bonchev–Trinajstić information content (AvgIpc) is 2.85. The van der Waals surface area contributed by atoms with Crippen molar-refractivity contribution in [3.63, 3.8) is 0 Å². The largest absolute Gasteiger partial charge is 0.338 e. The zero-order valence-corrected chi connectivity index (χ0v) is 10.7. The highest BCUT2D eigenvalue weighted by molar-refractivity contribution is 6.00. The first kappa shape index (κ1) is 12.3. The van der Waals surface area contributed by atoms with Crippen LogP contribution in [0.15, 0.2) is 10.6 Å². The third-order valence-corrected chi connectivity index (χ3v) is 2.26. The van der Waals surface area contributed by atoms with Crippen molar-refractivity contribution in [1.82, 2.24) is 20.3 Å². The lowest BCUT2D eigenvalue weighted by molar-refractivity contribution is 0.101. The number of aryl methyl sites for hydroxylation is 1. The Hall–Kier alpha value is -2.18. The number of carbonyl (C=O) groups is 1. The van der Waals surface area contributed by atoms with Crippen LogP contribution in [0.25, 0.3) is 0 Å². The Bertz CT molecular complexity index is 564. The molecule has 0 spiro atoms. The minimum absolute atomic E-state index is 0.0778. The fourth-order valence-electron chi connectivity index (χ4n) is 1.29. The summed E-state index contributed by atoms with van der Waals surface area (Å²) in [6, 6.07) is 1.62. The molecule has 2 rings (SSSR count). The number of nitrogens with zero attached hydrogens (tertiary/aromatic N) is 3. The molecule has 2 heterocycles. The lowest BCUT2D eigenvalue weighted by atomic mass is 9.96. The minimum atomic E-state index is -0.432. The predicted molar refractivity (Wildman–Crippen MR) is 64.3 cm³/mol. The number of hydrogen-bond donors (Lipinski definition) is 2. The van der Waals surface area contributed by atoms with Gasteiger partial charge in [-0.25, -0.2) is 4.98 Å². The molecule has 0 atom stereocenters. The van der Waals surface area contributed by atoms with Crippen LogP contribution in [0.2, 0.25) is 0 Å². The molecule has 18 heavy (non-hydrogen) atoms. The number of rotatable bonds is 2. The summed E-state index contributed by atoms with van der Waals surface area (Å²) in [5.41, 5.74) is 0.504. The molecule has 0 saturated heterocycles. The average molecular weight is 249 g/mol. The van der Waals surface area contributed by atoms with Gasteiger partial charge in [-0.2, -0.15) is 0 Å². The molecule has 0 aliphatic carbocycles. The van der Waals surface area contributed by atoms with Crippen molar-refractivity contribution in [2.24, 2.45) is 0 Å². The van der Waals surface area contributed by atoms with Gasteiger partial charge in [0.05, 0.1) is 5.69 Å². The predicted octanol–water partition coefficient (Wildman–Crippen LogP) is 1.65. The quantitative estimate of drug-likeness (QED) is 0.843. The highest BCUT2D eigenvalue weighted by Crippen LogP contribution is 2.17. The first-order valence-corrected chi connectivity index (χ1v) is 5.54. The zero-order valence-electron chi connectivity index (χ0n) is 10.7. The molecule has 0 saturated carbocycles.